The topological polar surface area (TPSA) is 38.7 Å². The minimum absolute atomic E-state index is 0.0419. The summed E-state index contributed by atoms with van der Waals surface area (Å²) in [7, 11) is 0. The molecule has 0 radical (unpaired) electrons. The second-order valence-corrected chi connectivity index (χ2v) is 5.01. The highest BCUT2D eigenvalue weighted by Gasteiger charge is 2.13. The van der Waals surface area contributed by atoms with Gasteiger partial charge in [-0.2, -0.15) is 0 Å². The van der Waals surface area contributed by atoms with Crippen molar-refractivity contribution >= 4 is 0 Å². The molecule has 3 nitrogen and oxygen atoms in total. The van der Waals surface area contributed by atoms with Gasteiger partial charge in [0.1, 0.15) is 11.4 Å². The molecule has 0 aliphatic heterocycles. The van der Waals surface area contributed by atoms with E-state index in [9.17, 15) is 5.11 Å². The lowest BCUT2D eigenvalue weighted by Gasteiger charge is -2.21. The predicted octanol–water partition coefficient (Wildman–Crippen LogP) is 3.36. The number of hydrogen-bond donors (Lipinski definition) is 1. The van der Waals surface area contributed by atoms with Gasteiger partial charge in [-0.3, -0.25) is 0 Å². The van der Waals surface area contributed by atoms with E-state index in [-0.39, 0.29) is 17.5 Å². The van der Waals surface area contributed by atoms with Gasteiger partial charge in [-0.15, -0.1) is 0 Å². The van der Waals surface area contributed by atoms with Crippen molar-refractivity contribution in [2.24, 2.45) is 0 Å². The molecule has 1 aromatic carbocycles. The summed E-state index contributed by atoms with van der Waals surface area (Å²) in [5, 5.41) is 9.73. The van der Waals surface area contributed by atoms with Crippen LogP contribution in [-0.2, 0) is 0 Å². The van der Waals surface area contributed by atoms with Crippen molar-refractivity contribution in [3.8, 4) is 17.2 Å². The number of aromatic hydroxyl groups is 1. The Morgan fingerprint density at radius 1 is 1.19 bits per heavy atom. The Balaban J connectivity index is 2.83. The van der Waals surface area contributed by atoms with Gasteiger partial charge >= 0.3 is 0 Å². The molecular formula is C13H20O3. The Morgan fingerprint density at radius 3 is 2.25 bits per heavy atom. The number of ether oxygens (including phenoxy) is 2. The molecule has 16 heavy (non-hydrogen) atoms. The van der Waals surface area contributed by atoms with Crippen LogP contribution in [0.25, 0.3) is 0 Å². The minimum atomic E-state index is -0.271. The minimum Gasteiger partial charge on any atom is -0.504 e. The summed E-state index contributed by atoms with van der Waals surface area (Å²) in [5.41, 5.74) is -0.271. The second-order valence-electron chi connectivity index (χ2n) is 5.01. The van der Waals surface area contributed by atoms with Crippen LogP contribution in [0.4, 0.5) is 0 Å². The SMILES string of the molecule is CC(C)Oc1ccc(OC(C)(C)C)cc1O. The number of phenolic OH excluding ortho intramolecular Hbond substituents is 1. The van der Waals surface area contributed by atoms with Crippen LogP contribution in [0, 0.1) is 0 Å². The van der Waals surface area contributed by atoms with Gasteiger partial charge in [-0.05, 0) is 46.8 Å². The van der Waals surface area contributed by atoms with Crippen molar-refractivity contribution in [1.29, 1.82) is 0 Å². The first-order valence-corrected chi connectivity index (χ1v) is 5.46. The number of hydrogen-bond acceptors (Lipinski definition) is 3. The van der Waals surface area contributed by atoms with Crippen molar-refractivity contribution in [3.63, 3.8) is 0 Å². The summed E-state index contributed by atoms with van der Waals surface area (Å²) in [5.74, 6) is 1.23. The van der Waals surface area contributed by atoms with Crippen molar-refractivity contribution in [2.45, 2.75) is 46.3 Å². The van der Waals surface area contributed by atoms with Crippen LogP contribution in [0.15, 0.2) is 18.2 Å². The zero-order valence-corrected chi connectivity index (χ0v) is 10.6. The van der Waals surface area contributed by atoms with Crippen LogP contribution in [0.1, 0.15) is 34.6 Å². The fourth-order valence-corrected chi connectivity index (χ4v) is 1.27. The van der Waals surface area contributed by atoms with Gasteiger partial charge in [0.15, 0.2) is 11.5 Å². The second kappa shape index (κ2) is 4.64. The molecule has 0 aliphatic rings. The van der Waals surface area contributed by atoms with Crippen molar-refractivity contribution < 1.29 is 14.6 Å². The van der Waals surface area contributed by atoms with E-state index in [0.717, 1.165) is 0 Å². The molecule has 0 atom stereocenters. The van der Waals surface area contributed by atoms with E-state index in [0.29, 0.717) is 11.5 Å². The van der Waals surface area contributed by atoms with E-state index < -0.39 is 0 Å². The van der Waals surface area contributed by atoms with E-state index >= 15 is 0 Å². The van der Waals surface area contributed by atoms with Crippen molar-refractivity contribution in [2.75, 3.05) is 0 Å². The molecule has 0 saturated heterocycles. The van der Waals surface area contributed by atoms with E-state index in [2.05, 4.69) is 0 Å². The Labute approximate surface area is 97.0 Å². The van der Waals surface area contributed by atoms with Gasteiger partial charge in [0.2, 0.25) is 0 Å². The summed E-state index contributed by atoms with van der Waals surface area (Å²) < 4.78 is 11.1. The van der Waals surface area contributed by atoms with Crippen molar-refractivity contribution in [3.05, 3.63) is 18.2 Å². The summed E-state index contributed by atoms with van der Waals surface area (Å²) in [4.78, 5) is 0. The van der Waals surface area contributed by atoms with Gasteiger partial charge in [0.25, 0.3) is 0 Å². The van der Waals surface area contributed by atoms with Crippen LogP contribution >= 0.6 is 0 Å². The van der Waals surface area contributed by atoms with E-state index in [4.69, 9.17) is 9.47 Å². The normalized spacial score (nSPS) is 11.6. The Morgan fingerprint density at radius 2 is 1.81 bits per heavy atom. The smallest absolute Gasteiger partial charge is 0.161 e. The van der Waals surface area contributed by atoms with Gasteiger partial charge < -0.3 is 14.6 Å². The lowest BCUT2D eigenvalue weighted by molar-refractivity contribution is 0.130. The van der Waals surface area contributed by atoms with Crippen molar-refractivity contribution in [1.82, 2.24) is 0 Å². The molecule has 0 heterocycles. The standard InChI is InChI=1S/C13H20O3/c1-9(2)15-12-7-6-10(8-11(12)14)16-13(3,4)5/h6-9,14H,1-5H3. The average Bonchev–Trinajstić information content (AvgIpc) is 2.06. The maximum atomic E-state index is 9.73. The highest BCUT2D eigenvalue weighted by molar-refractivity contribution is 5.44. The predicted molar refractivity (Wildman–Crippen MR) is 64.3 cm³/mol. The van der Waals surface area contributed by atoms with E-state index in [1.807, 2.05) is 34.6 Å². The van der Waals surface area contributed by atoms with Crippen LogP contribution in [-0.4, -0.2) is 16.8 Å². The van der Waals surface area contributed by atoms with Gasteiger partial charge in [-0.1, -0.05) is 0 Å². The fraction of sp³-hybridized carbons (Fsp3) is 0.538. The molecule has 90 valence electrons. The summed E-state index contributed by atoms with van der Waals surface area (Å²) in [6.45, 7) is 9.71. The lowest BCUT2D eigenvalue weighted by Crippen LogP contribution is -2.22. The molecule has 0 aliphatic carbocycles. The third-order valence-corrected chi connectivity index (χ3v) is 1.72. The molecule has 0 fully saturated rings. The zero-order valence-electron chi connectivity index (χ0n) is 10.6. The molecule has 0 bridgehead atoms. The van der Waals surface area contributed by atoms with Gasteiger partial charge in [0, 0.05) is 6.07 Å². The molecule has 1 N–H and O–H groups in total. The lowest BCUT2D eigenvalue weighted by atomic mass is 10.2. The number of rotatable bonds is 3. The van der Waals surface area contributed by atoms with Gasteiger partial charge in [-0.25, -0.2) is 0 Å². The van der Waals surface area contributed by atoms with E-state index in [1.54, 1.807) is 18.2 Å². The molecule has 0 unspecified atom stereocenters. The molecule has 1 aromatic rings. The van der Waals surface area contributed by atoms with Crippen LogP contribution < -0.4 is 9.47 Å². The van der Waals surface area contributed by atoms with Crippen LogP contribution in [0.2, 0.25) is 0 Å². The Hall–Kier alpha value is -1.38. The fourth-order valence-electron chi connectivity index (χ4n) is 1.27. The highest BCUT2D eigenvalue weighted by Crippen LogP contribution is 2.32. The number of benzene rings is 1. The summed E-state index contributed by atoms with van der Waals surface area (Å²) in [6, 6.07) is 5.09. The van der Waals surface area contributed by atoms with Gasteiger partial charge in [0.05, 0.1) is 6.10 Å². The highest BCUT2D eigenvalue weighted by atomic mass is 16.5. The first-order chi connectivity index (χ1) is 7.28. The molecule has 0 saturated carbocycles. The van der Waals surface area contributed by atoms with Crippen LogP contribution in [0.3, 0.4) is 0 Å². The first-order valence-electron chi connectivity index (χ1n) is 5.46. The molecule has 0 aromatic heterocycles. The molecule has 0 amide bonds. The molecule has 1 rings (SSSR count). The maximum Gasteiger partial charge on any atom is 0.161 e. The molecular weight excluding hydrogens is 204 g/mol. The Bertz CT molecular complexity index is 351. The first kappa shape index (κ1) is 12.7. The quantitative estimate of drug-likeness (QED) is 0.855. The average molecular weight is 224 g/mol. The third kappa shape index (κ3) is 4.01. The molecule has 3 heteroatoms. The molecule has 0 spiro atoms. The Kier molecular flexibility index (Phi) is 3.68. The van der Waals surface area contributed by atoms with Crippen LogP contribution in [0.5, 0.6) is 17.2 Å². The summed E-state index contributed by atoms with van der Waals surface area (Å²) >= 11 is 0. The van der Waals surface area contributed by atoms with E-state index in [1.165, 1.54) is 0 Å². The summed E-state index contributed by atoms with van der Waals surface area (Å²) in [6.07, 6.45) is 0.0419. The monoisotopic (exact) mass is 224 g/mol. The number of phenols is 1. The zero-order chi connectivity index (χ0) is 12.3. The maximum absolute atomic E-state index is 9.73. The third-order valence-electron chi connectivity index (χ3n) is 1.72. The largest absolute Gasteiger partial charge is 0.504 e.